The zero-order valence-corrected chi connectivity index (χ0v) is 11.5. The molecule has 0 fully saturated rings. The van der Waals surface area contributed by atoms with E-state index in [-0.39, 0.29) is 11.5 Å². The Bertz CT molecular complexity index is 694. The van der Waals surface area contributed by atoms with E-state index in [1.54, 1.807) is 23.1 Å². The van der Waals surface area contributed by atoms with Crippen molar-refractivity contribution >= 4 is 17.6 Å². The highest BCUT2D eigenvalue weighted by atomic mass is 16.4. The van der Waals surface area contributed by atoms with E-state index in [2.05, 4.69) is 0 Å². The molecule has 3 rings (SSSR count). The number of carboxylic acid groups (broad SMARTS) is 1. The highest BCUT2D eigenvalue weighted by Crippen LogP contribution is 2.30. The Hall–Kier alpha value is -2.62. The standard InChI is InChI=1S/C17H15NO3/c19-16-9-7-13-10-14(17(20)21)6-8-15(13)18(16)11-12-4-2-1-3-5-12/h1-6,8,10H,7,9,11H2,(H,20,21). The maximum atomic E-state index is 12.2. The lowest BCUT2D eigenvalue weighted by atomic mass is 9.98. The Morgan fingerprint density at radius 3 is 2.57 bits per heavy atom. The Morgan fingerprint density at radius 2 is 1.86 bits per heavy atom. The molecule has 0 radical (unpaired) electrons. The first kappa shape index (κ1) is 13.4. The number of amides is 1. The maximum Gasteiger partial charge on any atom is 0.335 e. The Kier molecular flexibility index (Phi) is 3.44. The SMILES string of the molecule is O=C(O)c1ccc2c(c1)CCC(=O)N2Cc1ccccc1. The molecule has 1 aliphatic rings. The van der Waals surface area contributed by atoms with Gasteiger partial charge < -0.3 is 10.0 Å². The second-order valence-electron chi connectivity index (χ2n) is 5.11. The van der Waals surface area contributed by atoms with Crippen LogP contribution in [0, 0.1) is 0 Å². The lowest BCUT2D eigenvalue weighted by Gasteiger charge is -2.29. The summed E-state index contributed by atoms with van der Waals surface area (Å²) >= 11 is 0. The van der Waals surface area contributed by atoms with Crippen molar-refractivity contribution in [2.45, 2.75) is 19.4 Å². The fraction of sp³-hybridized carbons (Fsp3) is 0.176. The van der Waals surface area contributed by atoms with E-state index in [4.69, 9.17) is 5.11 Å². The van der Waals surface area contributed by atoms with Crippen LogP contribution in [-0.2, 0) is 17.8 Å². The smallest absolute Gasteiger partial charge is 0.335 e. The summed E-state index contributed by atoms with van der Waals surface area (Å²) in [6, 6.07) is 14.7. The number of carbonyl (C=O) groups excluding carboxylic acids is 1. The Labute approximate surface area is 122 Å². The van der Waals surface area contributed by atoms with Gasteiger partial charge in [-0.05, 0) is 35.7 Å². The van der Waals surface area contributed by atoms with Crippen molar-refractivity contribution in [1.82, 2.24) is 0 Å². The van der Waals surface area contributed by atoms with Gasteiger partial charge in [0.05, 0.1) is 12.1 Å². The number of hydrogen-bond acceptors (Lipinski definition) is 2. The van der Waals surface area contributed by atoms with Gasteiger partial charge in [0, 0.05) is 12.1 Å². The number of aromatic carboxylic acids is 1. The fourth-order valence-electron chi connectivity index (χ4n) is 2.63. The molecular formula is C17H15NO3. The van der Waals surface area contributed by atoms with Crippen LogP contribution in [-0.4, -0.2) is 17.0 Å². The van der Waals surface area contributed by atoms with Gasteiger partial charge >= 0.3 is 5.97 Å². The van der Waals surface area contributed by atoms with E-state index in [1.807, 2.05) is 30.3 Å². The molecule has 0 unspecified atom stereocenters. The number of anilines is 1. The molecule has 1 N–H and O–H groups in total. The molecule has 1 heterocycles. The van der Waals surface area contributed by atoms with Crippen LogP contribution in [0.1, 0.15) is 27.9 Å². The molecule has 0 atom stereocenters. The molecule has 0 saturated carbocycles. The van der Waals surface area contributed by atoms with Gasteiger partial charge in [-0.1, -0.05) is 30.3 Å². The van der Waals surface area contributed by atoms with Crippen molar-refractivity contribution in [2.24, 2.45) is 0 Å². The molecule has 4 heteroatoms. The van der Waals surface area contributed by atoms with Crippen LogP contribution >= 0.6 is 0 Å². The van der Waals surface area contributed by atoms with Gasteiger partial charge in [0.1, 0.15) is 0 Å². The minimum absolute atomic E-state index is 0.0782. The van der Waals surface area contributed by atoms with Crippen LogP contribution in [0.15, 0.2) is 48.5 Å². The molecule has 0 spiro atoms. The quantitative estimate of drug-likeness (QED) is 0.941. The fourth-order valence-corrected chi connectivity index (χ4v) is 2.63. The summed E-state index contributed by atoms with van der Waals surface area (Å²) < 4.78 is 0. The van der Waals surface area contributed by atoms with Crippen LogP contribution in [0.4, 0.5) is 5.69 Å². The molecule has 21 heavy (non-hydrogen) atoms. The number of hydrogen-bond donors (Lipinski definition) is 1. The summed E-state index contributed by atoms with van der Waals surface area (Å²) in [6.45, 7) is 0.513. The Morgan fingerprint density at radius 1 is 1.10 bits per heavy atom. The first-order valence-electron chi connectivity index (χ1n) is 6.85. The molecule has 0 aliphatic carbocycles. The van der Waals surface area contributed by atoms with Crippen LogP contribution < -0.4 is 4.90 Å². The van der Waals surface area contributed by atoms with E-state index in [0.29, 0.717) is 19.4 Å². The van der Waals surface area contributed by atoms with E-state index < -0.39 is 5.97 Å². The number of nitrogens with zero attached hydrogens (tertiary/aromatic N) is 1. The third-order valence-corrected chi connectivity index (χ3v) is 3.71. The first-order chi connectivity index (χ1) is 10.1. The van der Waals surface area contributed by atoms with Gasteiger partial charge in [-0.3, -0.25) is 4.79 Å². The summed E-state index contributed by atoms with van der Waals surface area (Å²) in [4.78, 5) is 25.0. The number of carboxylic acids is 1. The normalized spacial score (nSPS) is 13.9. The van der Waals surface area contributed by atoms with Crippen LogP contribution in [0.2, 0.25) is 0 Å². The number of fused-ring (bicyclic) bond motifs is 1. The highest BCUT2D eigenvalue weighted by molar-refractivity contribution is 5.97. The van der Waals surface area contributed by atoms with Crippen molar-refractivity contribution in [3.05, 3.63) is 65.2 Å². The summed E-state index contributed by atoms with van der Waals surface area (Å²) in [5, 5.41) is 9.06. The van der Waals surface area contributed by atoms with Crippen LogP contribution in [0.3, 0.4) is 0 Å². The average Bonchev–Trinajstić information content (AvgIpc) is 2.50. The highest BCUT2D eigenvalue weighted by Gasteiger charge is 2.24. The zero-order chi connectivity index (χ0) is 14.8. The van der Waals surface area contributed by atoms with Crippen molar-refractivity contribution in [3.8, 4) is 0 Å². The molecule has 4 nitrogen and oxygen atoms in total. The van der Waals surface area contributed by atoms with Crippen molar-refractivity contribution < 1.29 is 14.7 Å². The molecule has 0 saturated heterocycles. The van der Waals surface area contributed by atoms with Gasteiger partial charge in [-0.15, -0.1) is 0 Å². The number of benzene rings is 2. The van der Waals surface area contributed by atoms with Gasteiger partial charge in [-0.25, -0.2) is 4.79 Å². The van der Waals surface area contributed by atoms with Gasteiger partial charge in [0.25, 0.3) is 0 Å². The summed E-state index contributed by atoms with van der Waals surface area (Å²) in [7, 11) is 0. The molecule has 1 aliphatic heterocycles. The van der Waals surface area contributed by atoms with E-state index in [9.17, 15) is 9.59 Å². The third kappa shape index (κ3) is 2.65. The van der Waals surface area contributed by atoms with Gasteiger partial charge in [0.2, 0.25) is 5.91 Å². The van der Waals surface area contributed by atoms with Crippen LogP contribution in [0.25, 0.3) is 0 Å². The monoisotopic (exact) mass is 281 g/mol. The molecule has 2 aromatic carbocycles. The topological polar surface area (TPSA) is 57.6 Å². The molecular weight excluding hydrogens is 266 g/mol. The summed E-state index contributed by atoms with van der Waals surface area (Å²) in [6.07, 6.45) is 1.02. The minimum atomic E-state index is -0.940. The number of aryl methyl sites for hydroxylation is 1. The maximum absolute atomic E-state index is 12.2. The van der Waals surface area contributed by atoms with Crippen molar-refractivity contribution in [2.75, 3.05) is 4.90 Å². The number of carbonyl (C=O) groups is 2. The van der Waals surface area contributed by atoms with E-state index >= 15 is 0 Å². The predicted octanol–water partition coefficient (Wildman–Crippen LogP) is 2.86. The second kappa shape index (κ2) is 5.40. The largest absolute Gasteiger partial charge is 0.478 e. The molecule has 0 aromatic heterocycles. The third-order valence-electron chi connectivity index (χ3n) is 3.71. The molecule has 1 amide bonds. The van der Waals surface area contributed by atoms with Gasteiger partial charge in [-0.2, -0.15) is 0 Å². The lowest BCUT2D eigenvalue weighted by Crippen LogP contribution is -2.34. The van der Waals surface area contributed by atoms with Crippen LogP contribution in [0.5, 0.6) is 0 Å². The lowest BCUT2D eigenvalue weighted by molar-refractivity contribution is -0.119. The number of rotatable bonds is 3. The zero-order valence-electron chi connectivity index (χ0n) is 11.5. The van der Waals surface area contributed by atoms with E-state index in [1.165, 1.54) is 0 Å². The minimum Gasteiger partial charge on any atom is -0.478 e. The van der Waals surface area contributed by atoms with Crippen molar-refractivity contribution in [3.63, 3.8) is 0 Å². The average molecular weight is 281 g/mol. The van der Waals surface area contributed by atoms with Gasteiger partial charge in [0.15, 0.2) is 0 Å². The first-order valence-corrected chi connectivity index (χ1v) is 6.85. The second-order valence-corrected chi connectivity index (χ2v) is 5.11. The molecule has 2 aromatic rings. The summed E-state index contributed by atoms with van der Waals surface area (Å²) in [5.74, 6) is -0.862. The van der Waals surface area contributed by atoms with Crippen molar-refractivity contribution in [1.29, 1.82) is 0 Å². The molecule has 0 bridgehead atoms. The Balaban J connectivity index is 1.95. The van der Waals surface area contributed by atoms with E-state index in [0.717, 1.165) is 16.8 Å². The predicted molar refractivity (Wildman–Crippen MR) is 79.4 cm³/mol. The molecule has 106 valence electrons. The summed E-state index contributed by atoms with van der Waals surface area (Å²) in [5.41, 5.74) is 3.06.